The monoisotopic (exact) mass is 278 g/mol. The van der Waals surface area contributed by atoms with Crippen molar-refractivity contribution in [2.24, 2.45) is 0 Å². The van der Waals surface area contributed by atoms with Gasteiger partial charge in [-0.2, -0.15) is 0 Å². The second-order valence-electron chi connectivity index (χ2n) is 5.12. The predicted molar refractivity (Wildman–Crippen MR) is 76.3 cm³/mol. The number of β-amino-alcohol motifs (C(OH)–C–C–N with tert-alkyl or cyclic N) is 1. The van der Waals surface area contributed by atoms with Crippen LogP contribution in [0.4, 0.5) is 4.79 Å². The highest BCUT2D eigenvalue weighted by Crippen LogP contribution is 2.15. The lowest BCUT2D eigenvalue weighted by Crippen LogP contribution is -2.39. The van der Waals surface area contributed by atoms with E-state index in [1.165, 1.54) is 0 Å². The molecule has 1 amide bonds. The summed E-state index contributed by atoms with van der Waals surface area (Å²) in [6.45, 7) is 2.86. The molecule has 1 N–H and O–H groups in total. The molecule has 0 saturated carbocycles. The predicted octanol–water partition coefficient (Wildman–Crippen LogP) is 1.32. The molecule has 0 bridgehead atoms. The van der Waals surface area contributed by atoms with E-state index in [4.69, 9.17) is 9.84 Å². The lowest BCUT2D eigenvalue weighted by molar-refractivity contribution is 0.0912. The third kappa shape index (κ3) is 3.95. The molecular weight excluding hydrogens is 256 g/mol. The normalized spacial score (nSPS) is 19.0. The Morgan fingerprint density at radius 1 is 1.45 bits per heavy atom. The smallest absolute Gasteiger partial charge is 0.410 e. The zero-order valence-electron chi connectivity index (χ0n) is 11.9. The third-order valence-corrected chi connectivity index (χ3v) is 3.70. The minimum Gasteiger partial charge on any atom is -0.445 e. The highest BCUT2D eigenvalue weighted by molar-refractivity contribution is 5.67. The van der Waals surface area contributed by atoms with E-state index < -0.39 is 0 Å². The van der Waals surface area contributed by atoms with Gasteiger partial charge in [0.05, 0.1) is 6.61 Å². The molecular formula is C15H22N2O3. The Bertz CT molecular complexity index is 424. The van der Waals surface area contributed by atoms with Gasteiger partial charge in [0.2, 0.25) is 0 Å². The number of benzene rings is 1. The molecule has 0 radical (unpaired) electrons. The van der Waals surface area contributed by atoms with E-state index in [1.807, 2.05) is 30.3 Å². The van der Waals surface area contributed by atoms with Gasteiger partial charge < -0.3 is 14.7 Å². The van der Waals surface area contributed by atoms with E-state index in [0.29, 0.717) is 13.2 Å². The molecule has 1 aliphatic heterocycles. The van der Waals surface area contributed by atoms with Crippen LogP contribution < -0.4 is 0 Å². The van der Waals surface area contributed by atoms with Crippen LogP contribution in [0, 0.1) is 0 Å². The molecule has 0 unspecified atom stereocenters. The zero-order valence-corrected chi connectivity index (χ0v) is 11.9. The quantitative estimate of drug-likeness (QED) is 0.882. The Morgan fingerprint density at radius 2 is 2.20 bits per heavy atom. The summed E-state index contributed by atoms with van der Waals surface area (Å²) >= 11 is 0. The molecule has 20 heavy (non-hydrogen) atoms. The molecule has 0 spiro atoms. The average Bonchev–Trinajstić information content (AvgIpc) is 2.94. The van der Waals surface area contributed by atoms with Gasteiger partial charge in [-0.3, -0.25) is 4.90 Å². The van der Waals surface area contributed by atoms with Gasteiger partial charge in [-0.1, -0.05) is 30.3 Å². The van der Waals surface area contributed by atoms with E-state index in [1.54, 1.807) is 11.9 Å². The van der Waals surface area contributed by atoms with Crippen LogP contribution in [0.3, 0.4) is 0 Å². The summed E-state index contributed by atoms with van der Waals surface area (Å²) in [6, 6.07) is 9.83. The van der Waals surface area contributed by atoms with E-state index in [0.717, 1.165) is 25.1 Å². The van der Waals surface area contributed by atoms with Crippen LogP contribution in [0.1, 0.15) is 12.0 Å². The summed E-state index contributed by atoms with van der Waals surface area (Å²) in [6.07, 6.45) is 0.640. The Labute approximate surface area is 119 Å². The highest BCUT2D eigenvalue weighted by atomic mass is 16.6. The number of amides is 1. The first-order chi connectivity index (χ1) is 9.70. The van der Waals surface area contributed by atoms with Gasteiger partial charge in [-0.15, -0.1) is 0 Å². The lowest BCUT2D eigenvalue weighted by Gasteiger charge is -2.24. The molecule has 0 aliphatic carbocycles. The number of likely N-dealkylation sites (tertiary alicyclic amines) is 1. The molecule has 2 rings (SSSR count). The third-order valence-electron chi connectivity index (χ3n) is 3.70. The summed E-state index contributed by atoms with van der Waals surface area (Å²) in [4.78, 5) is 15.8. The lowest BCUT2D eigenvalue weighted by atomic mass is 10.2. The van der Waals surface area contributed by atoms with Gasteiger partial charge >= 0.3 is 6.09 Å². The summed E-state index contributed by atoms with van der Waals surface area (Å²) in [5.41, 5.74) is 0.988. The molecule has 1 saturated heterocycles. The molecule has 110 valence electrons. The van der Waals surface area contributed by atoms with Crippen molar-refractivity contribution < 1.29 is 14.6 Å². The first kappa shape index (κ1) is 14.8. The Balaban J connectivity index is 1.78. The largest absolute Gasteiger partial charge is 0.445 e. The average molecular weight is 278 g/mol. The molecule has 1 heterocycles. The number of carbonyl (C=O) groups is 1. The first-order valence-electron chi connectivity index (χ1n) is 6.97. The summed E-state index contributed by atoms with van der Waals surface area (Å²) in [7, 11) is 1.78. The van der Waals surface area contributed by atoms with Crippen molar-refractivity contribution in [1.29, 1.82) is 0 Å². The van der Waals surface area contributed by atoms with Crippen LogP contribution in [0.5, 0.6) is 0 Å². The molecule has 1 aromatic rings. The van der Waals surface area contributed by atoms with Crippen LogP contribution in [-0.2, 0) is 11.3 Å². The van der Waals surface area contributed by atoms with Gasteiger partial charge in [0.1, 0.15) is 6.61 Å². The molecule has 5 nitrogen and oxygen atoms in total. The number of hydrogen-bond donors (Lipinski definition) is 1. The van der Waals surface area contributed by atoms with Gasteiger partial charge in [-0.25, -0.2) is 4.79 Å². The Morgan fingerprint density at radius 3 is 2.90 bits per heavy atom. The Hall–Kier alpha value is -1.59. The van der Waals surface area contributed by atoms with E-state index >= 15 is 0 Å². The zero-order chi connectivity index (χ0) is 14.4. The number of rotatable bonds is 5. The fourth-order valence-electron chi connectivity index (χ4n) is 2.44. The van der Waals surface area contributed by atoms with E-state index in [-0.39, 0.29) is 18.7 Å². The Kier molecular flexibility index (Phi) is 5.38. The maximum absolute atomic E-state index is 12.0. The molecule has 1 atom stereocenters. The summed E-state index contributed by atoms with van der Waals surface area (Å²) in [5.74, 6) is 0. The van der Waals surface area contributed by atoms with Crippen LogP contribution in [-0.4, -0.2) is 60.3 Å². The van der Waals surface area contributed by atoms with Crippen LogP contribution >= 0.6 is 0 Å². The van der Waals surface area contributed by atoms with Crippen molar-refractivity contribution in [2.45, 2.75) is 19.1 Å². The van der Waals surface area contributed by atoms with E-state index in [2.05, 4.69) is 4.90 Å². The fraction of sp³-hybridized carbons (Fsp3) is 0.533. The topological polar surface area (TPSA) is 53.0 Å². The van der Waals surface area contributed by atoms with Crippen molar-refractivity contribution in [3.63, 3.8) is 0 Å². The minimum atomic E-state index is -0.287. The van der Waals surface area contributed by atoms with Gasteiger partial charge in [0.25, 0.3) is 0 Å². The maximum atomic E-state index is 12.0. The van der Waals surface area contributed by atoms with Crippen molar-refractivity contribution in [1.82, 2.24) is 9.80 Å². The van der Waals surface area contributed by atoms with Crippen molar-refractivity contribution >= 4 is 6.09 Å². The van der Waals surface area contributed by atoms with Gasteiger partial charge in [0.15, 0.2) is 0 Å². The number of likely N-dealkylation sites (N-methyl/N-ethyl adjacent to an activating group) is 1. The van der Waals surface area contributed by atoms with Crippen molar-refractivity contribution in [3.05, 3.63) is 35.9 Å². The van der Waals surface area contributed by atoms with Crippen molar-refractivity contribution in [2.75, 3.05) is 33.3 Å². The van der Waals surface area contributed by atoms with Crippen LogP contribution in [0.25, 0.3) is 0 Å². The number of ether oxygens (including phenoxy) is 1. The molecule has 0 aromatic heterocycles. The maximum Gasteiger partial charge on any atom is 0.410 e. The molecule has 5 heteroatoms. The number of aliphatic hydroxyl groups is 1. The summed E-state index contributed by atoms with van der Waals surface area (Å²) < 4.78 is 5.32. The second kappa shape index (κ2) is 7.26. The SMILES string of the molecule is CN(C(=O)OCc1ccccc1)[C@@H]1CCN(CCO)C1. The van der Waals surface area contributed by atoms with Crippen molar-refractivity contribution in [3.8, 4) is 0 Å². The number of nitrogens with zero attached hydrogens (tertiary/aromatic N) is 2. The van der Waals surface area contributed by atoms with Gasteiger partial charge in [0, 0.05) is 32.7 Å². The van der Waals surface area contributed by atoms with Crippen LogP contribution in [0.15, 0.2) is 30.3 Å². The highest BCUT2D eigenvalue weighted by Gasteiger charge is 2.28. The molecule has 1 aliphatic rings. The number of hydrogen-bond acceptors (Lipinski definition) is 4. The fourth-order valence-corrected chi connectivity index (χ4v) is 2.44. The van der Waals surface area contributed by atoms with Crippen LogP contribution in [0.2, 0.25) is 0 Å². The molecule has 1 aromatic carbocycles. The number of carbonyl (C=O) groups excluding carboxylic acids is 1. The van der Waals surface area contributed by atoms with Gasteiger partial charge in [-0.05, 0) is 12.0 Å². The summed E-state index contributed by atoms with van der Waals surface area (Å²) in [5, 5.41) is 8.92. The van der Waals surface area contributed by atoms with E-state index in [9.17, 15) is 4.79 Å². The molecule has 1 fully saturated rings. The standard InChI is InChI=1S/C15H22N2O3/c1-16(14-7-8-17(11-14)9-10-18)15(19)20-12-13-5-3-2-4-6-13/h2-6,14,18H,7-12H2,1H3/t14-/m1/s1. The minimum absolute atomic E-state index is 0.162. The first-order valence-corrected chi connectivity index (χ1v) is 6.97. The number of aliphatic hydroxyl groups excluding tert-OH is 1. The second-order valence-corrected chi connectivity index (χ2v) is 5.12.